The van der Waals surface area contributed by atoms with Crippen LogP contribution < -0.4 is 9.47 Å². The predicted octanol–water partition coefficient (Wildman–Crippen LogP) is 4.06. The highest BCUT2D eigenvalue weighted by atomic mass is 19.1. The minimum atomic E-state index is -1.14. The standard InChI is InChI=1S/C21H28BFO5/c1-8-13-26-14-12-15(18-16(24-6)10-9-11-17(18)25-7)19(23)22-27-20(2,3)21(4,5)28-22/h1,9-11H,12-14H2,2-7H3. The van der Waals surface area contributed by atoms with Gasteiger partial charge in [-0.15, -0.1) is 6.42 Å². The zero-order chi connectivity index (χ0) is 20.9. The van der Waals surface area contributed by atoms with Crippen LogP contribution in [0, 0.1) is 12.3 Å². The van der Waals surface area contributed by atoms with Crippen LogP contribution in [0.15, 0.2) is 23.9 Å². The molecule has 0 aromatic heterocycles. The molecule has 152 valence electrons. The van der Waals surface area contributed by atoms with Gasteiger partial charge in [-0.2, -0.15) is 0 Å². The summed E-state index contributed by atoms with van der Waals surface area (Å²) < 4.78 is 43.8. The summed E-state index contributed by atoms with van der Waals surface area (Å²) in [6.07, 6.45) is 5.47. The van der Waals surface area contributed by atoms with Crippen LogP contribution >= 0.6 is 0 Å². The van der Waals surface area contributed by atoms with Crippen molar-refractivity contribution >= 4 is 12.7 Å². The fourth-order valence-electron chi connectivity index (χ4n) is 2.91. The first-order valence-electron chi connectivity index (χ1n) is 9.15. The van der Waals surface area contributed by atoms with E-state index >= 15 is 4.39 Å². The Morgan fingerprint density at radius 1 is 1.11 bits per heavy atom. The molecule has 0 bridgehead atoms. The van der Waals surface area contributed by atoms with E-state index < -0.39 is 24.0 Å². The number of benzene rings is 1. The minimum Gasteiger partial charge on any atom is -0.496 e. The van der Waals surface area contributed by atoms with Crippen molar-refractivity contribution in [1.29, 1.82) is 0 Å². The van der Waals surface area contributed by atoms with Crippen molar-refractivity contribution in [3.8, 4) is 23.8 Å². The number of hydrogen-bond donors (Lipinski definition) is 0. The molecule has 5 nitrogen and oxygen atoms in total. The lowest BCUT2D eigenvalue weighted by Crippen LogP contribution is -2.41. The average molecular weight is 390 g/mol. The lowest BCUT2D eigenvalue weighted by atomic mass is 9.81. The Balaban J connectivity index is 2.52. The van der Waals surface area contributed by atoms with Gasteiger partial charge in [-0.25, -0.2) is 4.39 Å². The quantitative estimate of drug-likeness (QED) is 0.381. The van der Waals surface area contributed by atoms with Crippen molar-refractivity contribution in [2.24, 2.45) is 0 Å². The summed E-state index contributed by atoms with van der Waals surface area (Å²) in [5, 5.41) is 0. The molecule has 0 spiro atoms. The first-order chi connectivity index (χ1) is 13.2. The van der Waals surface area contributed by atoms with Crippen LogP contribution in [0.25, 0.3) is 5.57 Å². The Morgan fingerprint density at radius 3 is 2.11 bits per heavy atom. The van der Waals surface area contributed by atoms with Gasteiger partial charge < -0.3 is 23.5 Å². The Hall–Kier alpha value is -2.01. The molecule has 0 aliphatic carbocycles. The monoisotopic (exact) mass is 390 g/mol. The second-order valence-electron chi connectivity index (χ2n) is 7.46. The zero-order valence-corrected chi connectivity index (χ0v) is 17.4. The molecule has 1 aromatic rings. The van der Waals surface area contributed by atoms with Crippen LogP contribution in [0.4, 0.5) is 4.39 Å². The van der Waals surface area contributed by atoms with Gasteiger partial charge >= 0.3 is 7.12 Å². The van der Waals surface area contributed by atoms with Gasteiger partial charge in [0.05, 0.1) is 37.6 Å². The molecule has 0 amide bonds. The van der Waals surface area contributed by atoms with Gasteiger partial charge in [0, 0.05) is 0 Å². The van der Waals surface area contributed by atoms with Crippen LogP contribution in [0.5, 0.6) is 11.5 Å². The van der Waals surface area contributed by atoms with Gasteiger partial charge in [0.2, 0.25) is 0 Å². The smallest absolute Gasteiger partial charge is 0.496 e. The third-order valence-corrected chi connectivity index (χ3v) is 5.16. The van der Waals surface area contributed by atoms with E-state index in [-0.39, 0.29) is 19.6 Å². The van der Waals surface area contributed by atoms with Crippen molar-refractivity contribution in [3.63, 3.8) is 0 Å². The summed E-state index contributed by atoms with van der Waals surface area (Å²) in [5.74, 6) is 3.37. The van der Waals surface area contributed by atoms with Crippen LogP contribution in [-0.2, 0) is 14.0 Å². The second kappa shape index (κ2) is 9.00. The molecule has 1 heterocycles. The number of terminal acetylenes is 1. The topological polar surface area (TPSA) is 46.2 Å². The predicted molar refractivity (Wildman–Crippen MR) is 108 cm³/mol. The van der Waals surface area contributed by atoms with Crippen molar-refractivity contribution in [3.05, 3.63) is 29.5 Å². The lowest BCUT2D eigenvalue weighted by molar-refractivity contribution is 0.00578. The Morgan fingerprint density at radius 2 is 1.64 bits per heavy atom. The molecule has 1 aliphatic heterocycles. The molecule has 2 rings (SSSR count). The molecule has 1 fully saturated rings. The highest BCUT2D eigenvalue weighted by molar-refractivity contribution is 6.55. The second-order valence-corrected chi connectivity index (χ2v) is 7.46. The summed E-state index contributed by atoms with van der Waals surface area (Å²) in [5.41, 5.74) is -1.02. The molecular formula is C21H28BFO5. The number of rotatable bonds is 8. The number of methoxy groups -OCH3 is 2. The van der Waals surface area contributed by atoms with Gasteiger partial charge in [0.25, 0.3) is 0 Å². The van der Waals surface area contributed by atoms with Gasteiger partial charge in [-0.05, 0) is 51.8 Å². The number of hydrogen-bond acceptors (Lipinski definition) is 5. The molecule has 0 radical (unpaired) electrons. The van der Waals surface area contributed by atoms with Crippen molar-refractivity contribution in [2.45, 2.75) is 45.3 Å². The number of ether oxygens (including phenoxy) is 3. The van der Waals surface area contributed by atoms with E-state index in [2.05, 4.69) is 5.92 Å². The molecule has 0 unspecified atom stereocenters. The first-order valence-corrected chi connectivity index (χ1v) is 9.15. The molecular weight excluding hydrogens is 362 g/mol. The SMILES string of the molecule is C#CCOCCC(=C(F)B1OC(C)(C)C(C)(C)O1)c1c(OC)cccc1OC. The molecule has 0 saturated carbocycles. The van der Waals surface area contributed by atoms with E-state index in [1.54, 1.807) is 18.2 Å². The van der Waals surface area contributed by atoms with E-state index in [0.717, 1.165) is 0 Å². The summed E-state index contributed by atoms with van der Waals surface area (Å²) in [4.78, 5) is 0. The normalized spacial score (nSPS) is 18.4. The molecule has 1 aromatic carbocycles. The summed E-state index contributed by atoms with van der Waals surface area (Å²) in [7, 11) is 1.91. The Labute approximate surface area is 167 Å². The Kier molecular flexibility index (Phi) is 7.16. The maximum Gasteiger partial charge on any atom is 0.525 e. The van der Waals surface area contributed by atoms with Crippen LogP contribution in [0.2, 0.25) is 0 Å². The van der Waals surface area contributed by atoms with Crippen molar-refractivity contribution in [1.82, 2.24) is 0 Å². The highest BCUT2D eigenvalue weighted by Gasteiger charge is 2.53. The third-order valence-electron chi connectivity index (χ3n) is 5.16. The molecule has 1 saturated heterocycles. The summed E-state index contributed by atoms with van der Waals surface area (Å²) in [6, 6.07) is 5.27. The maximum atomic E-state index is 15.7. The van der Waals surface area contributed by atoms with E-state index in [1.165, 1.54) is 14.2 Å². The molecule has 1 aliphatic rings. The van der Waals surface area contributed by atoms with Gasteiger partial charge in [0.1, 0.15) is 23.8 Å². The van der Waals surface area contributed by atoms with Crippen LogP contribution in [-0.4, -0.2) is 45.8 Å². The van der Waals surface area contributed by atoms with Gasteiger partial charge in [0.15, 0.2) is 0 Å². The fourth-order valence-corrected chi connectivity index (χ4v) is 2.91. The highest BCUT2D eigenvalue weighted by Crippen LogP contribution is 2.43. The van der Waals surface area contributed by atoms with Crippen LogP contribution in [0.3, 0.4) is 0 Å². The maximum absolute atomic E-state index is 15.7. The summed E-state index contributed by atoms with van der Waals surface area (Å²) >= 11 is 0. The molecule has 0 atom stereocenters. The first kappa shape index (κ1) is 22.3. The minimum absolute atomic E-state index is 0.147. The van der Waals surface area contributed by atoms with Crippen molar-refractivity contribution in [2.75, 3.05) is 27.4 Å². The zero-order valence-electron chi connectivity index (χ0n) is 17.4. The molecule has 28 heavy (non-hydrogen) atoms. The fraction of sp³-hybridized carbons (Fsp3) is 0.524. The summed E-state index contributed by atoms with van der Waals surface area (Å²) in [6.45, 7) is 7.88. The van der Waals surface area contributed by atoms with Gasteiger partial charge in [-0.3, -0.25) is 0 Å². The molecule has 0 N–H and O–H groups in total. The van der Waals surface area contributed by atoms with Gasteiger partial charge in [-0.1, -0.05) is 12.0 Å². The van der Waals surface area contributed by atoms with Crippen LogP contribution in [0.1, 0.15) is 39.7 Å². The third kappa shape index (κ3) is 4.52. The lowest BCUT2D eigenvalue weighted by Gasteiger charge is -2.32. The van der Waals surface area contributed by atoms with E-state index in [9.17, 15) is 0 Å². The largest absolute Gasteiger partial charge is 0.525 e. The van der Waals surface area contributed by atoms with E-state index in [4.69, 9.17) is 29.9 Å². The number of halogens is 1. The van der Waals surface area contributed by atoms with E-state index in [0.29, 0.717) is 22.6 Å². The molecule has 7 heteroatoms. The average Bonchev–Trinajstić information content (AvgIpc) is 2.88. The van der Waals surface area contributed by atoms with E-state index in [1.807, 2.05) is 27.7 Å². The Bertz CT molecular complexity index is 728. The van der Waals surface area contributed by atoms with Crippen molar-refractivity contribution < 1.29 is 27.9 Å².